The van der Waals surface area contributed by atoms with Crippen molar-refractivity contribution in [3.63, 3.8) is 0 Å². The molecule has 25 heavy (non-hydrogen) atoms. The average Bonchev–Trinajstić information content (AvgIpc) is 3.06. The highest BCUT2D eigenvalue weighted by molar-refractivity contribution is 5.79. The van der Waals surface area contributed by atoms with E-state index in [0.717, 1.165) is 16.3 Å². The van der Waals surface area contributed by atoms with Crippen LogP contribution >= 0.6 is 0 Å². The fourth-order valence-electron chi connectivity index (χ4n) is 2.81. The highest BCUT2D eigenvalue weighted by Crippen LogP contribution is 2.24. The van der Waals surface area contributed by atoms with Crippen LogP contribution in [0.25, 0.3) is 5.70 Å². The van der Waals surface area contributed by atoms with Gasteiger partial charge >= 0.3 is 12.1 Å². The lowest BCUT2D eigenvalue weighted by Gasteiger charge is -2.20. The van der Waals surface area contributed by atoms with Crippen molar-refractivity contribution in [1.82, 2.24) is 25.1 Å². The third-order valence-corrected chi connectivity index (χ3v) is 3.94. The molecule has 1 aromatic heterocycles. The summed E-state index contributed by atoms with van der Waals surface area (Å²) in [5.74, 6) is 0. The predicted molar refractivity (Wildman–Crippen MR) is 88.8 cm³/mol. The van der Waals surface area contributed by atoms with E-state index in [2.05, 4.69) is 10.4 Å². The largest absolute Gasteiger partial charge is 0.444 e. The lowest BCUT2D eigenvalue weighted by Crippen LogP contribution is -2.33. The van der Waals surface area contributed by atoms with Gasteiger partial charge in [0.15, 0.2) is 0 Å². The zero-order valence-electron chi connectivity index (χ0n) is 14.6. The zero-order chi connectivity index (χ0) is 18.2. The Morgan fingerprint density at radius 1 is 1.48 bits per heavy atom. The van der Waals surface area contributed by atoms with Crippen LogP contribution in [-0.2, 0) is 11.2 Å². The SMILES string of the molecule is CC(C)(C)OC(=O)NCCc1cnn(C2=CC3CN(C2)C(=O)N3O)c1. The molecule has 9 nitrogen and oxygen atoms in total. The van der Waals surface area contributed by atoms with E-state index >= 15 is 0 Å². The van der Waals surface area contributed by atoms with Crippen molar-refractivity contribution in [3.05, 3.63) is 24.0 Å². The molecule has 3 rings (SSSR count). The van der Waals surface area contributed by atoms with Crippen molar-refractivity contribution < 1.29 is 19.5 Å². The first-order valence-corrected chi connectivity index (χ1v) is 8.21. The molecule has 1 unspecified atom stereocenters. The third kappa shape index (κ3) is 3.93. The number of nitrogens with one attached hydrogen (secondary N) is 1. The number of carbonyl (C=O) groups is 2. The Morgan fingerprint density at radius 2 is 2.24 bits per heavy atom. The van der Waals surface area contributed by atoms with Crippen LogP contribution < -0.4 is 5.32 Å². The van der Waals surface area contributed by atoms with Crippen molar-refractivity contribution in [3.8, 4) is 0 Å². The van der Waals surface area contributed by atoms with Crippen molar-refractivity contribution in [2.75, 3.05) is 19.6 Å². The van der Waals surface area contributed by atoms with E-state index in [9.17, 15) is 14.8 Å². The molecule has 0 radical (unpaired) electrons. The van der Waals surface area contributed by atoms with Crippen LogP contribution in [0.2, 0.25) is 0 Å². The average molecular weight is 349 g/mol. The number of ether oxygens (including phenoxy) is 1. The molecule has 0 spiro atoms. The fourth-order valence-corrected chi connectivity index (χ4v) is 2.81. The van der Waals surface area contributed by atoms with Crippen LogP contribution in [0.1, 0.15) is 26.3 Å². The molecule has 9 heteroatoms. The topological polar surface area (TPSA) is 99.9 Å². The van der Waals surface area contributed by atoms with E-state index in [1.165, 1.54) is 0 Å². The molecule has 2 aliphatic rings. The molecular formula is C16H23N5O4. The molecule has 0 aromatic carbocycles. The van der Waals surface area contributed by atoms with Crippen LogP contribution in [0, 0.1) is 0 Å². The molecule has 1 aromatic rings. The van der Waals surface area contributed by atoms with Crippen molar-refractivity contribution in [1.29, 1.82) is 0 Å². The van der Waals surface area contributed by atoms with Gasteiger partial charge in [0.1, 0.15) is 5.60 Å². The van der Waals surface area contributed by atoms with Gasteiger partial charge in [-0.05, 0) is 38.8 Å². The first-order chi connectivity index (χ1) is 11.7. The van der Waals surface area contributed by atoms with Crippen molar-refractivity contribution in [2.24, 2.45) is 0 Å². The lowest BCUT2D eigenvalue weighted by atomic mass is 10.2. The fraction of sp³-hybridized carbons (Fsp3) is 0.562. The van der Waals surface area contributed by atoms with Gasteiger partial charge in [0.25, 0.3) is 0 Å². The Kier molecular flexibility index (Phi) is 4.42. The van der Waals surface area contributed by atoms with Crippen molar-refractivity contribution >= 4 is 17.8 Å². The maximum absolute atomic E-state index is 11.8. The lowest BCUT2D eigenvalue weighted by molar-refractivity contribution is -0.0450. The van der Waals surface area contributed by atoms with Gasteiger partial charge in [-0.15, -0.1) is 0 Å². The Labute approximate surface area is 145 Å². The maximum atomic E-state index is 11.8. The second-order valence-electron chi connectivity index (χ2n) is 7.20. The Morgan fingerprint density at radius 3 is 2.92 bits per heavy atom. The van der Waals surface area contributed by atoms with Crippen molar-refractivity contribution in [2.45, 2.75) is 38.8 Å². The smallest absolute Gasteiger partial charge is 0.407 e. The minimum Gasteiger partial charge on any atom is -0.444 e. The second-order valence-corrected chi connectivity index (χ2v) is 7.20. The Bertz CT molecular complexity index is 706. The van der Waals surface area contributed by atoms with Gasteiger partial charge in [-0.2, -0.15) is 10.2 Å². The third-order valence-electron chi connectivity index (χ3n) is 3.94. The number of carbonyl (C=O) groups excluding carboxylic acids is 2. The normalized spacial score (nSPS) is 19.9. The van der Waals surface area contributed by atoms with Gasteiger partial charge in [-0.1, -0.05) is 0 Å². The highest BCUT2D eigenvalue weighted by atomic mass is 16.6. The van der Waals surface area contributed by atoms with Gasteiger partial charge in [0.2, 0.25) is 0 Å². The van der Waals surface area contributed by atoms with Gasteiger partial charge in [-0.3, -0.25) is 5.21 Å². The summed E-state index contributed by atoms with van der Waals surface area (Å²) in [4.78, 5) is 24.9. The summed E-state index contributed by atoms with van der Waals surface area (Å²) in [5.41, 5.74) is 1.28. The standard InChI is InChI=1S/C16H23N5O4/c1-16(2,3)25-14(22)17-5-4-11-7-18-20(8-11)12-6-13-10-19(9-12)15(23)21(13)24/h6-8,13,24H,4-5,9-10H2,1-3H3,(H,17,22). The molecule has 2 N–H and O–H groups in total. The summed E-state index contributed by atoms with van der Waals surface area (Å²) in [6.07, 6.45) is 5.60. The van der Waals surface area contributed by atoms with Crippen LogP contribution in [0.5, 0.6) is 0 Å². The monoisotopic (exact) mass is 349 g/mol. The van der Waals surface area contributed by atoms with E-state index < -0.39 is 11.7 Å². The van der Waals surface area contributed by atoms with Gasteiger partial charge < -0.3 is 15.0 Å². The summed E-state index contributed by atoms with van der Waals surface area (Å²) < 4.78 is 6.88. The van der Waals surface area contributed by atoms with Crippen LogP contribution in [0.3, 0.4) is 0 Å². The molecule has 0 saturated carbocycles. The number of nitrogens with zero attached hydrogens (tertiary/aromatic N) is 4. The first kappa shape index (κ1) is 17.3. The summed E-state index contributed by atoms with van der Waals surface area (Å²) >= 11 is 0. The minimum absolute atomic E-state index is 0.335. The predicted octanol–water partition coefficient (Wildman–Crippen LogP) is 1.30. The number of rotatable bonds is 4. The minimum atomic E-state index is -0.519. The Hall–Kier alpha value is -2.55. The number of urea groups is 1. The van der Waals surface area contributed by atoms with E-state index in [1.54, 1.807) is 15.8 Å². The molecule has 136 valence electrons. The molecule has 0 aliphatic carbocycles. The van der Waals surface area contributed by atoms with Gasteiger partial charge in [0, 0.05) is 19.3 Å². The van der Waals surface area contributed by atoms with Crippen LogP contribution in [0.4, 0.5) is 9.59 Å². The molecular weight excluding hydrogens is 326 g/mol. The van der Waals surface area contributed by atoms with Gasteiger partial charge in [-0.25, -0.2) is 14.3 Å². The molecule has 3 amide bonds. The molecule has 2 aliphatic heterocycles. The summed E-state index contributed by atoms with van der Waals surface area (Å²) in [5, 5.41) is 17.5. The summed E-state index contributed by atoms with van der Waals surface area (Å²) in [6, 6.07) is -0.720. The number of fused-ring (bicyclic) bond motifs is 2. The number of amides is 3. The van der Waals surface area contributed by atoms with Crippen LogP contribution in [-0.4, -0.2) is 68.4 Å². The number of hydroxylamine groups is 2. The first-order valence-electron chi connectivity index (χ1n) is 8.21. The van der Waals surface area contributed by atoms with Gasteiger partial charge in [0.05, 0.1) is 24.5 Å². The molecule has 1 fully saturated rings. The molecule has 1 atom stereocenters. The molecule has 2 bridgehead atoms. The second kappa shape index (κ2) is 6.40. The number of aromatic nitrogens is 2. The molecule has 3 heterocycles. The van der Waals surface area contributed by atoms with E-state index in [-0.39, 0.29) is 12.1 Å². The summed E-state index contributed by atoms with van der Waals surface area (Å²) in [7, 11) is 0. The quantitative estimate of drug-likeness (QED) is 0.798. The highest BCUT2D eigenvalue weighted by Gasteiger charge is 2.39. The number of alkyl carbamates (subject to hydrolysis) is 1. The van der Waals surface area contributed by atoms with E-state index in [1.807, 2.05) is 33.0 Å². The van der Waals surface area contributed by atoms with E-state index in [4.69, 9.17) is 4.74 Å². The maximum Gasteiger partial charge on any atom is 0.407 e. The molecule has 1 saturated heterocycles. The number of hydrogen-bond acceptors (Lipinski definition) is 5. The number of hydrogen-bond donors (Lipinski definition) is 2. The van der Waals surface area contributed by atoms with E-state index in [0.29, 0.717) is 26.1 Å². The van der Waals surface area contributed by atoms with Crippen LogP contribution in [0.15, 0.2) is 18.5 Å². The Balaban J connectivity index is 1.54. The zero-order valence-corrected chi connectivity index (χ0v) is 14.6. The summed E-state index contributed by atoms with van der Waals surface area (Å²) in [6.45, 7) is 6.79.